The number of piperidine rings is 1. The highest BCUT2D eigenvalue weighted by molar-refractivity contribution is 6.45. The number of fused-ring (bicyclic) bond motifs is 1. The van der Waals surface area contributed by atoms with Crippen LogP contribution < -0.4 is 10.2 Å². The van der Waals surface area contributed by atoms with Crippen LogP contribution in [-0.4, -0.2) is 45.8 Å². The van der Waals surface area contributed by atoms with Gasteiger partial charge in [0.05, 0.1) is 5.56 Å². The summed E-state index contributed by atoms with van der Waals surface area (Å²) in [5.41, 5.74) is 2.04. The standard InChI is InChI=1S/C20H21N5O2/c1-13-17(15-5-2-3-6-16(15)23-13)18(26)19(27)24-14-7-11-25(12-8-14)20-21-9-4-10-22-20/h2-6,9-10,14,23H,7-8,11-12H2,1H3,(H,24,27). The molecule has 3 aromatic rings. The maximum atomic E-state index is 12.7. The Morgan fingerprint density at radius 2 is 1.81 bits per heavy atom. The number of anilines is 1. The number of aromatic nitrogens is 3. The highest BCUT2D eigenvalue weighted by Crippen LogP contribution is 2.22. The monoisotopic (exact) mass is 363 g/mol. The van der Waals surface area contributed by atoms with Gasteiger partial charge in [0, 0.05) is 48.1 Å². The fourth-order valence-electron chi connectivity index (χ4n) is 3.61. The molecule has 0 bridgehead atoms. The molecule has 1 aromatic carbocycles. The maximum Gasteiger partial charge on any atom is 0.292 e. The number of ketones is 1. The summed E-state index contributed by atoms with van der Waals surface area (Å²) < 4.78 is 0. The fourth-order valence-corrected chi connectivity index (χ4v) is 3.61. The van der Waals surface area contributed by atoms with Crippen molar-refractivity contribution < 1.29 is 9.59 Å². The van der Waals surface area contributed by atoms with Crippen LogP contribution in [0, 0.1) is 6.92 Å². The van der Waals surface area contributed by atoms with Gasteiger partial charge in [-0.05, 0) is 31.9 Å². The number of carbonyl (C=O) groups is 2. The van der Waals surface area contributed by atoms with Crippen molar-refractivity contribution in [3.63, 3.8) is 0 Å². The number of hydrogen-bond acceptors (Lipinski definition) is 5. The first-order valence-electron chi connectivity index (χ1n) is 9.08. The molecule has 1 aliphatic heterocycles. The van der Waals surface area contributed by atoms with E-state index >= 15 is 0 Å². The highest BCUT2D eigenvalue weighted by atomic mass is 16.2. The summed E-state index contributed by atoms with van der Waals surface area (Å²) in [7, 11) is 0. The van der Waals surface area contributed by atoms with Crippen LogP contribution in [-0.2, 0) is 4.79 Å². The third-order valence-corrected chi connectivity index (χ3v) is 4.99. The molecule has 0 radical (unpaired) electrons. The molecule has 7 heteroatoms. The topological polar surface area (TPSA) is 91.0 Å². The summed E-state index contributed by atoms with van der Waals surface area (Å²) in [5, 5.41) is 3.68. The largest absolute Gasteiger partial charge is 0.358 e. The van der Waals surface area contributed by atoms with E-state index < -0.39 is 11.7 Å². The quantitative estimate of drug-likeness (QED) is 0.548. The van der Waals surface area contributed by atoms with Gasteiger partial charge in [-0.1, -0.05) is 18.2 Å². The molecule has 0 atom stereocenters. The van der Waals surface area contributed by atoms with Crippen LogP contribution >= 0.6 is 0 Å². The Balaban J connectivity index is 1.41. The summed E-state index contributed by atoms with van der Waals surface area (Å²) in [6.07, 6.45) is 4.95. The van der Waals surface area contributed by atoms with E-state index in [1.807, 2.05) is 31.2 Å². The predicted octanol–water partition coefficient (Wildman–Crippen LogP) is 2.23. The van der Waals surface area contributed by atoms with Crippen LogP contribution in [0.15, 0.2) is 42.7 Å². The molecule has 4 rings (SSSR count). The lowest BCUT2D eigenvalue weighted by Crippen LogP contribution is -2.47. The zero-order valence-electron chi connectivity index (χ0n) is 15.1. The van der Waals surface area contributed by atoms with Gasteiger partial charge >= 0.3 is 0 Å². The van der Waals surface area contributed by atoms with Crippen LogP contribution in [0.25, 0.3) is 10.9 Å². The number of aromatic amines is 1. The van der Waals surface area contributed by atoms with Gasteiger partial charge in [0.2, 0.25) is 5.95 Å². The number of rotatable bonds is 4. The van der Waals surface area contributed by atoms with Crippen molar-refractivity contribution in [2.24, 2.45) is 0 Å². The average Bonchev–Trinajstić information content (AvgIpc) is 3.04. The van der Waals surface area contributed by atoms with E-state index in [0.717, 1.165) is 36.8 Å². The van der Waals surface area contributed by atoms with Gasteiger partial charge in [-0.15, -0.1) is 0 Å². The highest BCUT2D eigenvalue weighted by Gasteiger charge is 2.27. The molecule has 1 amide bonds. The Kier molecular flexibility index (Phi) is 4.58. The molecular weight excluding hydrogens is 342 g/mol. The number of hydrogen-bond donors (Lipinski definition) is 2. The van der Waals surface area contributed by atoms with Crippen LogP contribution in [0.3, 0.4) is 0 Å². The van der Waals surface area contributed by atoms with E-state index in [1.54, 1.807) is 18.5 Å². The molecule has 3 heterocycles. The molecule has 0 unspecified atom stereocenters. The number of Topliss-reactive ketones (excluding diaryl/α,β-unsaturated/α-hetero) is 1. The van der Waals surface area contributed by atoms with Crippen LogP contribution in [0.1, 0.15) is 28.9 Å². The first-order valence-corrected chi connectivity index (χ1v) is 9.08. The number of para-hydroxylation sites is 1. The second-order valence-corrected chi connectivity index (χ2v) is 6.78. The maximum absolute atomic E-state index is 12.7. The van der Waals surface area contributed by atoms with Crippen LogP contribution in [0.5, 0.6) is 0 Å². The van der Waals surface area contributed by atoms with Gasteiger partial charge in [-0.2, -0.15) is 0 Å². The number of amides is 1. The lowest BCUT2D eigenvalue weighted by molar-refractivity contribution is -0.117. The van der Waals surface area contributed by atoms with E-state index in [9.17, 15) is 9.59 Å². The van der Waals surface area contributed by atoms with Gasteiger partial charge in [-0.3, -0.25) is 9.59 Å². The Morgan fingerprint density at radius 1 is 1.11 bits per heavy atom. The van der Waals surface area contributed by atoms with Crippen molar-refractivity contribution in [2.75, 3.05) is 18.0 Å². The average molecular weight is 363 g/mol. The smallest absolute Gasteiger partial charge is 0.292 e. The summed E-state index contributed by atoms with van der Waals surface area (Å²) in [4.78, 5) is 39.1. The van der Waals surface area contributed by atoms with E-state index in [0.29, 0.717) is 17.2 Å². The Bertz CT molecular complexity index is 974. The normalized spacial score (nSPS) is 15.1. The van der Waals surface area contributed by atoms with E-state index in [2.05, 4.69) is 25.2 Å². The molecule has 0 saturated carbocycles. The fraction of sp³-hybridized carbons (Fsp3) is 0.300. The molecule has 1 fully saturated rings. The number of aryl methyl sites for hydroxylation is 1. The van der Waals surface area contributed by atoms with Crippen molar-refractivity contribution in [1.29, 1.82) is 0 Å². The minimum Gasteiger partial charge on any atom is -0.358 e. The molecule has 1 saturated heterocycles. The molecule has 27 heavy (non-hydrogen) atoms. The number of benzene rings is 1. The van der Waals surface area contributed by atoms with E-state index in [4.69, 9.17) is 0 Å². The summed E-state index contributed by atoms with van der Waals surface area (Å²) in [6.45, 7) is 3.31. The summed E-state index contributed by atoms with van der Waals surface area (Å²) >= 11 is 0. The van der Waals surface area contributed by atoms with Crippen molar-refractivity contribution in [3.05, 3.63) is 54.0 Å². The SMILES string of the molecule is Cc1[nH]c2ccccc2c1C(=O)C(=O)NC1CCN(c2ncccn2)CC1. The molecule has 7 nitrogen and oxygen atoms in total. The zero-order chi connectivity index (χ0) is 18.8. The van der Waals surface area contributed by atoms with Crippen molar-refractivity contribution in [2.45, 2.75) is 25.8 Å². The minimum absolute atomic E-state index is 0.0214. The van der Waals surface area contributed by atoms with E-state index in [-0.39, 0.29) is 6.04 Å². The van der Waals surface area contributed by atoms with Crippen molar-refractivity contribution in [1.82, 2.24) is 20.3 Å². The van der Waals surface area contributed by atoms with E-state index in [1.165, 1.54) is 0 Å². The molecule has 0 spiro atoms. The minimum atomic E-state index is -0.544. The van der Waals surface area contributed by atoms with Gasteiger partial charge in [-0.25, -0.2) is 9.97 Å². The van der Waals surface area contributed by atoms with Crippen molar-refractivity contribution >= 4 is 28.5 Å². The Hall–Kier alpha value is -3.22. The van der Waals surface area contributed by atoms with Crippen molar-refractivity contribution in [3.8, 4) is 0 Å². The lowest BCUT2D eigenvalue weighted by atomic mass is 10.0. The second-order valence-electron chi connectivity index (χ2n) is 6.78. The Labute approximate surface area is 156 Å². The molecular formula is C20H21N5O2. The third kappa shape index (κ3) is 3.40. The predicted molar refractivity (Wildman–Crippen MR) is 103 cm³/mol. The molecule has 2 N–H and O–H groups in total. The van der Waals surface area contributed by atoms with Crippen LogP contribution in [0.4, 0.5) is 5.95 Å². The zero-order valence-corrected chi connectivity index (χ0v) is 15.1. The molecule has 1 aliphatic rings. The number of carbonyl (C=O) groups excluding carboxylic acids is 2. The van der Waals surface area contributed by atoms with Gasteiger partial charge < -0.3 is 15.2 Å². The molecule has 138 valence electrons. The number of H-pyrrole nitrogens is 1. The third-order valence-electron chi connectivity index (χ3n) is 4.99. The summed E-state index contributed by atoms with van der Waals surface area (Å²) in [5.74, 6) is -0.330. The van der Waals surface area contributed by atoms with Gasteiger partial charge in [0.1, 0.15) is 0 Å². The summed E-state index contributed by atoms with van der Waals surface area (Å²) in [6, 6.07) is 9.29. The van der Waals surface area contributed by atoms with Crippen LogP contribution in [0.2, 0.25) is 0 Å². The lowest BCUT2D eigenvalue weighted by Gasteiger charge is -2.32. The van der Waals surface area contributed by atoms with Gasteiger partial charge in [0.25, 0.3) is 11.7 Å². The first kappa shape index (κ1) is 17.2. The number of nitrogens with zero attached hydrogens (tertiary/aromatic N) is 3. The van der Waals surface area contributed by atoms with Gasteiger partial charge in [0.15, 0.2) is 0 Å². The Morgan fingerprint density at radius 3 is 2.56 bits per heavy atom. The molecule has 0 aliphatic carbocycles. The number of nitrogens with one attached hydrogen (secondary N) is 2. The first-order chi connectivity index (χ1) is 13.1. The second kappa shape index (κ2) is 7.19. The molecule has 2 aromatic heterocycles.